The molecule has 0 spiro atoms. The predicted octanol–water partition coefficient (Wildman–Crippen LogP) is 3.00. The summed E-state index contributed by atoms with van der Waals surface area (Å²) in [7, 11) is 0. The Bertz CT molecular complexity index is 500. The third kappa shape index (κ3) is 3.73. The van der Waals surface area contributed by atoms with E-state index in [1.54, 1.807) is 0 Å². The molecule has 116 valence electrons. The van der Waals surface area contributed by atoms with Gasteiger partial charge in [-0.3, -0.25) is 9.69 Å². The lowest BCUT2D eigenvalue weighted by Gasteiger charge is -2.32. The highest BCUT2D eigenvalue weighted by atomic mass is 19.1. The van der Waals surface area contributed by atoms with Crippen LogP contribution in [-0.2, 0) is 4.79 Å². The summed E-state index contributed by atoms with van der Waals surface area (Å²) in [5, 5.41) is 2.82. The number of nitrogens with one attached hydrogen (secondary N) is 1. The normalized spacial score (nSPS) is 17.1. The second-order valence-electron chi connectivity index (χ2n) is 5.67. The van der Waals surface area contributed by atoms with Crippen LogP contribution in [0.2, 0.25) is 0 Å². The highest BCUT2D eigenvalue weighted by molar-refractivity contribution is 5.94. The number of hydrogen-bond donors (Lipinski definition) is 2. The van der Waals surface area contributed by atoms with E-state index in [1.807, 2.05) is 6.92 Å². The molecule has 5 heteroatoms. The Morgan fingerprint density at radius 2 is 2.14 bits per heavy atom. The highest BCUT2D eigenvalue weighted by Gasteiger charge is 2.28. The highest BCUT2D eigenvalue weighted by Crippen LogP contribution is 2.25. The van der Waals surface area contributed by atoms with Crippen LogP contribution in [0.5, 0.6) is 0 Å². The lowest BCUT2D eigenvalue weighted by atomic mass is 10.1. The van der Waals surface area contributed by atoms with Crippen molar-refractivity contribution in [3.05, 3.63) is 24.0 Å². The molecular formula is C16H24FN3O. The summed E-state index contributed by atoms with van der Waals surface area (Å²) in [6.45, 7) is 4.85. The van der Waals surface area contributed by atoms with Crippen molar-refractivity contribution in [3.63, 3.8) is 0 Å². The number of likely N-dealkylation sites (N-methyl/N-ethyl adjacent to an activating group) is 1. The van der Waals surface area contributed by atoms with Crippen LogP contribution in [0.3, 0.4) is 0 Å². The number of anilines is 2. The molecule has 1 unspecified atom stereocenters. The number of rotatable bonds is 5. The van der Waals surface area contributed by atoms with Crippen molar-refractivity contribution < 1.29 is 9.18 Å². The van der Waals surface area contributed by atoms with E-state index in [2.05, 4.69) is 17.1 Å². The number of carbonyl (C=O) groups is 1. The molecular weight excluding hydrogens is 269 g/mol. The number of nitrogens with zero attached hydrogens (tertiary/aromatic N) is 1. The van der Waals surface area contributed by atoms with Crippen molar-refractivity contribution in [2.75, 3.05) is 17.6 Å². The summed E-state index contributed by atoms with van der Waals surface area (Å²) in [4.78, 5) is 14.6. The van der Waals surface area contributed by atoms with Crippen molar-refractivity contribution in [1.29, 1.82) is 0 Å². The van der Waals surface area contributed by atoms with Gasteiger partial charge in [0.1, 0.15) is 5.82 Å². The molecule has 3 N–H and O–H groups in total. The summed E-state index contributed by atoms with van der Waals surface area (Å²) in [5.41, 5.74) is 6.10. The average molecular weight is 293 g/mol. The molecule has 4 nitrogen and oxygen atoms in total. The molecule has 1 fully saturated rings. The zero-order valence-electron chi connectivity index (χ0n) is 12.7. The van der Waals surface area contributed by atoms with Crippen molar-refractivity contribution in [3.8, 4) is 0 Å². The molecule has 0 saturated heterocycles. The largest absolute Gasteiger partial charge is 0.396 e. The Morgan fingerprint density at radius 3 is 2.71 bits per heavy atom. The van der Waals surface area contributed by atoms with Gasteiger partial charge in [-0.25, -0.2) is 4.39 Å². The Kier molecular flexibility index (Phi) is 5.17. The third-order valence-corrected chi connectivity index (χ3v) is 4.30. The first kappa shape index (κ1) is 15.8. The Hall–Kier alpha value is -1.62. The zero-order chi connectivity index (χ0) is 15.4. The van der Waals surface area contributed by atoms with E-state index in [0.29, 0.717) is 11.7 Å². The van der Waals surface area contributed by atoms with Gasteiger partial charge in [0.05, 0.1) is 11.7 Å². The predicted molar refractivity (Wildman–Crippen MR) is 83.5 cm³/mol. The van der Waals surface area contributed by atoms with Crippen molar-refractivity contribution in [1.82, 2.24) is 4.90 Å². The number of nitrogens with two attached hydrogens (primary N) is 1. The summed E-state index contributed by atoms with van der Waals surface area (Å²) in [6, 6.07) is 4.54. The van der Waals surface area contributed by atoms with Crippen LogP contribution in [0.1, 0.15) is 39.5 Å². The van der Waals surface area contributed by atoms with Crippen molar-refractivity contribution in [2.24, 2.45) is 0 Å². The van der Waals surface area contributed by atoms with Gasteiger partial charge in [0.25, 0.3) is 0 Å². The van der Waals surface area contributed by atoms with E-state index in [0.717, 1.165) is 19.4 Å². The molecule has 0 aliphatic heterocycles. The fraction of sp³-hybridized carbons (Fsp3) is 0.562. The van der Waals surface area contributed by atoms with Gasteiger partial charge in [0.2, 0.25) is 5.91 Å². The van der Waals surface area contributed by atoms with E-state index in [4.69, 9.17) is 5.73 Å². The fourth-order valence-electron chi connectivity index (χ4n) is 3.10. The Morgan fingerprint density at radius 1 is 1.48 bits per heavy atom. The smallest absolute Gasteiger partial charge is 0.241 e. The average Bonchev–Trinajstić information content (AvgIpc) is 2.97. The second-order valence-corrected chi connectivity index (χ2v) is 5.67. The van der Waals surface area contributed by atoms with Crippen LogP contribution in [0.25, 0.3) is 0 Å². The minimum Gasteiger partial charge on any atom is -0.396 e. The molecule has 2 rings (SSSR count). The van der Waals surface area contributed by atoms with Gasteiger partial charge >= 0.3 is 0 Å². The lowest BCUT2D eigenvalue weighted by Crippen LogP contribution is -2.46. The first-order chi connectivity index (χ1) is 10.0. The van der Waals surface area contributed by atoms with Gasteiger partial charge in [-0.1, -0.05) is 19.8 Å². The first-order valence-electron chi connectivity index (χ1n) is 7.64. The van der Waals surface area contributed by atoms with E-state index in [9.17, 15) is 9.18 Å². The molecule has 0 aromatic heterocycles. The standard InChI is InChI=1S/C16H24FN3O/c1-3-20(13-6-4-5-7-13)11(2)16(21)19-12-8-9-14(17)15(18)10-12/h8-11,13H,3-7,18H2,1-2H3,(H,19,21). The Labute approximate surface area is 125 Å². The summed E-state index contributed by atoms with van der Waals surface area (Å²) >= 11 is 0. The zero-order valence-corrected chi connectivity index (χ0v) is 12.7. The Balaban J connectivity index is 2.02. The van der Waals surface area contributed by atoms with Gasteiger partial charge in [-0.15, -0.1) is 0 Å². The maximum atomic E-state index is 13.1. The van der Waals surface area contributed by atoms with Crippen LogP contribution >= 0.6 is 0 Å². The summed E-state index contributed by atoms with van der Waals surface area (Å²) in [6.07, 6.45) is 4.80. The van der Waals surface area contributed by atoms with Crippen LogP contribution in [-0.4, -0.2) is 29.4 Å². The number of amides is 1. The fourth-order valence-corrected chi connectivity index (χ4v) is 3.10. The summed E-state index contributed by atoms with van der Waals surface area (Å²) < 4.78 is 13.1. The SMILES string of the molecule is CCN(C1CCCC1)C(C)C(=O)Nc1ccc(F)c(N)c1. The monoisotopic (exact) mass is 293 g/mol. The molecule has 1 aromatic carbocycles. The molecule has 21 heavy (non-hydrogen) atoms. The number of benzene rings is 1. The molecule has 1 aliphatic rings. The number of halogens is 1. The van der Waals surface area contributed by atoms with Crippen LogP contribution in [0, 0.1) is 5.82 Å². The van der Waals surface area contributed by atoms with Crippen molar-refractivity contribution >= 4 is 17.3 Å². The quantitative estimate of drug-likeness (QED) is 0.821. The van der Waals surface area contributed by atoms with E-state index < -0.39 is 5.82 Å². The van der Waals surface area contributed by atoms with Gasteiger partial charge in [-0.05, 0) is 44.5 Å². The first-order valence-corrected chi connectivity index (χ1v) is 7.64. The van der Waals surface area contributed by atoms with E-state index >= 15 is 0 Å². The minimum absolute atomic E-state index is 0.0450. The van der Waals surface area contributed by atoms with Gasteiger partial charge in [0.15, 0.2) is 0 Å². The van der Waals surface area contributed by atoms with Crippen molar-refractivity contribution in [2.45, 2.75) is 51.6 Å². The van der Waals surface area contributed by atoms with Gasteiger partial charge in [0, 0.05) is 11.7 Å². The van der Waals surface area contributed by atoms with Gasteiger partial charge in [-0.2, -0.15) is 0 Å². The number of carbonyl (C=O) groups excluding carboxylic acids is 1. The molecule has 0 bridgehead atoms. The molecule has 0 radical (unpaired) electrons. The van der Waals surface area contributed by atoms with Gasteiger partial charge < -0.3 is 11.1 Å². The molecule has 1 atom stereocenters. The molecule has 1 aliphatic carbocycles. The van der Waals surface area contributed by atoms with Crippen LogP contribution in [0.4, 0.5) is 15.8 Å². The van der Waals surface area contributed by atoms with Crippen LogP contribution < -0.4 is 11.1 Å². The molecule has 1 amide bonds. The van der Waals surface area contributed by atoms with E-state index in [1.165, 1.54) is 31.0 Å². The third-order valence-electron chi connectivity index (χ3n) is 4.30. The number of hydrogen-bond acceptors (Lipinski definition) is 3. The number of nitrogen functional groups attached to an aromatic ring is 1. The maximum absolute atomic E-state index is 13.1. The van der Waals surface area contributed by atoms with Crippen LogP contribution in [0.15, 0.2) is 18.2 Å². The molecule has 1 saturated carbocycles. The maximum Gasteiger partial charge on any atom is 0.241 e. The second kappa shape index (κ2) is 6.89. The summed E-state index contributed by atoms with van der Waals surface area (Å²) in [5.74, 6) is -0.544. The molecule has 1 aromatic rings. The minimum atomic E-state index is -0.470. The lowest BCUT2D eigenvalue weighted by molar-refractivity contribution is -0.121. The van der Waals surface area contributed by atoms with E-state index in [-0.39, 0.29) is 17.6 Å². The topological polar surface area (TPSA) is 58.4 Å². The molecule has 0 heterocycles.